The highest BCUT2D eigenvalue weighted by molar-refractivity contribution is 6.05. The highest BCUT2D eigenvalue weighted by Gasteiger charge is 2.19. The number of rotatable bonds is 12. The predicted octanol–water partition coefficient (Wildman–Crippen LogP) is 22.3. The van der Waals surface area contributed by atoms with E-state index in [-0.39, 0.29) is 0 Å². The van der Waals surface area contributed by atoms with Crippen LogP contribution < -0.4 is 0 Å². The Hall–Kier alpha value is -8.00. The quantitative estimate of drug-likeness (QED) is 0.108. The summed E-state index contributed by atoms with van der Waals surface area (Å²) in [5, 5.41) is 1.26. The summed E-state index contributed by atoms with van der Waals surface area (Å²) < 4.78 is 2.30. The first-order chi connectivity index (χ1) is 37.0. The molecule has 1 nitrogen and oxygen atoms in total. The Morgan fingerprint density at radius 3 is 1.64 bits per heavy atom. The van der Waals surface area contributed by atoms with Crippen LogP contribution in [0.2, 0.25) is 0 Å². The number of hydrogen-bond donors (Lipinski definition) is 0. The standard InChI is InChI=1S/C26H23N.C23H26.C22H22.2C2H6/c1-4-10-23-24(5-2)27(21-11-7-6-8-12-21)25-14-9-13-22(26(23)25)20-17-15-19(3)16-18-20;1-5-8-20(9-6-2)23-17-22(16-15-21(23)10-7-3)19-13-11-18(4)12-14-19;1-15-9-5-6-12-19(15)20-13-8-14-21(18(20)4)22-16(2)10-7-11-17(22)3;2*1-2/h4-18H,2H2,1,3H3;5-6,8-9,11-17H,1,7,10H2,2-4H3;5-14H,1-4H3;2*1-2H3/b10-4-;9-6-,20-8+;;;. The minimum Gasteiger partial charge on any atom is -0.309 e. The van der Waals surface area contributed by atoms with Gasteiger partial charge in [0, 0.05) is 16.6 Å². The number of aromatic nitrogens is 1. The van der Waals surface area contributed by atoms with Crippen molar-refractivity contribution in [3.63, 3.8) is 0 Å². The molecular weight excluding hydrogens is 915 g/mol. The molecule has 76 heavy (non-hydrogen) atoms. The van der Waals surface area contributed by atoms with Gasteiger partial charge in [-0.25, -0.2) is 0 Å². The highest BCUT2D eigenvalue weighted by atomic mass is 15.0. The molecule has 0 fully saturated rings. The average Bonchev–Trinajstić information content (AvgIpc) is 3.81. The molecule has 8 aromatic carbocycles. The van der Waals surface area contributed by atoms with E-state index < -0.39 is 0 Å². The average molecular weight is 998 g/mol. The number of aryl methyl sites for hydroxylation is 6. The molecule has 0 N–H and O–H groups in total. The minimum atomic E-state index is 1.09. The molecule has 0 saturated heterocycles. The number of fused-ring (bicyclic) bond motifs is 1. The first kappa shape index (κ1) is 58.9. The van der Waals surface area contributed by atoms with Crippen molar-refractivity contribution in [3.05, 3.63) is 275 Å². The van der Waals surface area contributed by atoms with Gasteiger partial charge < -0.3 is 4.57 Å². The van der Waals surface area contributed by atoms with Gasteiger partial charge in [-0.1, -0.05) is 253 Å². The third kappa shape index (κ3) is 14.2. The lowest BCUT2D eigenvalue weighted by molar-refractivity contribution is 0.919. The molecule has 1 heteroatoms. The molecule has 0 spiro atoms. The third-order valence-electron chi connectivity index (χ3n) is 13.5. The molecule has 0 aliphatic heterocycles. The van der Waals surface area contributed by atoms with Gasteiger partial charge in [0.15, 0.2) is 0 Å². The first-order valence-electron chi connectivity index (χ1n) is 27.5. The van der Waals surface area contributed by atoms with Crippen molar-refractivity contribution in [1.29, 1.82) is 0 Å². The lowest BCUT2D eigenvalue weighted by atomic mass is 9.88. The van der Waals surface area contributed by atoms with E-state index in [4.69, 9.17) is 0 Å². The van der Waals surface area contributed by atoms with E-state index >= 15 is 0 Å². The minimum absolute atomic E-state index is 1.09. The molecule has 0 radical (unpaired) electrons. The van der Waals surface area contributed by atoms with Crippen molar-refractivity contribution in [2.24, 2.45) is 0 Å². The maximum atomic E-state index is 4.11. The molecule has 1 aromatic heterocycles. The molecule has 0 aliphatic rings. The maximum Gasteiger partial charge on any atom is 0.0547 e. The second kappa shape index (κ2) is 29.8. The van der Waals surface area contributed by atoms with Crippen molar-refractivity contribution in [2.45, 2.75) is 103 Å². The Labute approximate surface area is 459 Å². The number of benzene rings is 8. The summed E-state index contributed by atoms with van der Waals surface area (Å²) in [6.07, 6.45) is 16.7. The fourth-order valence-electron chi connectivity index (χ4n) is 9.87. The number of para-hydroxylation sites is 1. The van der Waals surface area contributed by atoms with Crippen LogP contribution in [0.3, 0.4) is 0 Å². The first-order valence-corrected chi connectivity index (χ1v) is 27.5. The van der Waals surface area contributed by atoms with E-state index in [1.807, 2.05) is 45.9 Å². The molecule has 1 heterocycles. The van der Waals surface area contributed by atoms with Crippen LogP contribution in [0.15, 0.2) is 219 Å². The maximum absolute atomic E-state index is 4.11. The van der Waals surface area contributed by atoms with Crippen LogP contribution in [0.5, 0.6) is 0 Å². The molecule has 0 bridgehead atoms. The Morgan fingerprint density at radius 1 is 0.513 bits per heavy atom. The summed E-state index contributed by atoms with van der Waals surface area (Å²) in [4.78, 5) is 0. The van der Waals surface area contributed by atoms with Crippen LogP contribution in [-0.4, -0.2) is 4.57 Å². The van der Waals surface area contributed by atoms with Gasteiger partial charge in [0.25, 0.3) is 0 Å². The van der Waals surface area contributed by atoms with Gasteiger partial charge in [0.1, 0.15) is 0 Å². The summed E-state index contributed by atoms with van der Waals surface area (Å²) in [7, 11) is 0. The topological polar surface area (TPSA) is 4.93 Å². The number of hydrogen-bond acceptors (Lipinski definition) is 0. The normalized spacial score (nSPS) is 10.9. The van der Waals surface area contributed by atoms with Gasteiger partial charge in [-0.3, -0.25) is 0 Å². The Kier molecular flexibility index (Phi) is 23.1. The Morgan fingerprint density at radius 2 is 1.05 bits per heavy atom. The molecule has 0 unspecified atom stereocenters. The zero-order chi connectivity index (χ0) is 55.1. The Balaban J connectivity index is 0.000000205. The van der Waals surface area contributed by atoms with E-state index in [0.717, 1.165) is 24.2 Å². The molecule has 0 aliphatic carbocycles. The largest absolute Gasteiger partial charge is 0.309 e. The van der Waals surface area contributed by atoms with Gasteiger partial charge in [-0.15, -0.1) is 0 Å². The van der Waals surface area contributed by atoms with Crippen molar-refractivity contribution in [3.8, 4) is 50.2 Å². The van der Waals surface area contributed by atoms with Crippen LogP contribution in [0.1, 0.15) is 111 Å². The van der Waals surface area contributed by atoms with E-state index in [9.17, 15) is 0 Å². The van der Waals surface area contributed by atoms with Crippen LogP contribution in [-0.2, 0) is 6.42 Å². The summed E-state index contributed by atoms with van der Waals surface area (Å²) in [5.41, 5.74) is 26.9. The third-order valence-corrected chi connectivity index (χ3v) is 13.5. The van der Waals surface area contributed by atoms with Crippen molar-refractivity contribution >= 4 is 28.6 Å². The SMILES string of the molecule is C=C/C=C(\C=C/C)c1cc(-c2ccc(C)cc2)ccc1CCC.C=Cc1c(/C=C\C)c2c(-c3ccc(C)cc3)cccc2n1-c1ccccc1.CC.CC.Cc1ccccc1-c1cccc(-c2c(C)cccc2C)c1C. The van der Waals surface area contributed by atoms with Crippen LogP contribution in [0.4, 0.5) is 0 Å². The lowest BCUT2D eigenvalue weighted by Gasteiger charge is -2.17. The fraction of sp³-hybridized carbons (Fsp3) is 0.200. The van der Waals surface area contributed by atoms with Gasteiger partial charge >= 0.3 is 0 Å². The zero-order valence-corrected chi connectivity index (χ0v) is 48.1. The summed E-state index contributed by atoms with van der Waals surface area (Å²) >= 11 is 0. The van der Waals surface area contributed by atoms with Gasteiger partial charge in [0.05, 0.1) is 11.2 Å². The van der Waals surface area contributed by atoms with Gasteiger partial charge in [-0.2, -0.15) is 0 Å². The molecule has 0 saturated carbocycles. The molecule has 9 aromatic rings. The molecule has 0 atom stereocenters. The number of allylic oxidation sites excluding steroid dienone is 6. The summed E-state index contributed by atoms with van der Waals surface area (Å²) in [5.74, 6) is 0. The fourth-order valence-corrected chi connectivity index (χ4v) is 9.87. The van der Waals surface area contributed by atoms with Gasteiger partial charge in [0.2, 0.25) is 0 Å². The van der Waals surface area contributed by atoms with E-state index in [1.54, 1.807) is 0 Å². The van der Waals surface area contributed by atoms with Crippen LogP contribution in [0, 0.1) is 41.5 Å². The van der Waals surface area contributed by atoms with Gasteiger partial charge in [-0.05, 0) is 176 Å². The molecule has 388 valence electrons. The monoisotopic (exact) mass is 998 g/mol. The van der Waals surface area contributed by atoms with E-state index in [2.05, 4.69) is 280 Å². The smallest absolute Gasteiger partial charge is 0.0547 e. The van der Waals surface area contributed by atoms with Crippen molar-refractivity contribution in [2.75, 3.05) is 0 Å². The second-order valence-electron chi connectivity index (χ2n) is 18.6. The van der Waals surface area contributed by atoms with Crippen molar-refractivity contribution in [1.82, 2.24) is 4.57 Å². The van der Waals surface area contributed by atoms with Crippen LogP contribution in [0.25, 0.3) is 78.8 Å². The molecule has 9 rings (SSSR count). The predicted molar refractivity (Wildman–Crippen MR) is 341 cm³/mol. The zero-order valence-electron chi connectivity index (χ0n) is 48.1. The van der Waals surface area contributed by atoms with E-state index in [1.165, 1.54) is 111 Å². The Bertz CT molecular complexity index is 3360. The lowest BCUT2D eigenvalue weighted by Crippen LogP contribution is -1.96. The van der Waals surface area contributed by atoms with Crippen LogP contribution >= 0.6 is 0 Å². The van der Waals surface area contributed by atoms with E-state index in [0.29, 0.717) is 0 Å². The van der Waals surface area contributed by atoms with Crippen molar-refractivity contribution < 1.29 is 0 Å². The number of nitrogens with zero attached hydrogens (tertiary/aromatic N) is 1. The second-order valence-corrected chi connectivity index (χ2v) is 18.6. The molecule has 0 amide bonds. The summed E-state index contributed by atoms with van der Waals surface area (Å²) in [6.45, 7) is 35.4. The highest BCUT2D eigenvalue weighted by Crippen LogP contribution is 2.39. The molecular formula is C75H83N. The summed E-state index contributed by atoms with van der Waals surface area (Å²) in [6, 6.07) is 63.1.